The van der Waals surface area contributed by atoms with Crippen molar-refractivity contribution in [1.82, 2.24) is 0 Å². The minimum Gasteiger partial charge on any atom is -0.218 e. The van der Waals surface area contributed by atoms with Crippen LogP contribution in [0.25, 0.3) is 0 Å². The van der Waals surface area contributed by atoms with Crippen LogP contribution in [0.5, 0.6) is 0 Å². The zero-order valence-corrected chi connectivity index (χ0v) is 11.5. The van der Waals surface area contributed by atoms with Gasteiger partial charge in [0.15, 0.2) is 0 Å². The molecular weight excluding hydrogens is 325 g/mol. The van der Waals surface area contributed by atoms with Crippen LogP contribution >= 0.6 is 0 Å². The van der Waals surface area contributed by atoms with Crippen molar-refractivity contribution in [2.75, 3.05) is 0 Å². The van der Waals surface area contributed by atoms with Crippen molar-refractivity contribution in [2.45, 2.75) is 24.4 Å². The molecule has 0 aliphatic rings. The van der Waals surface area contributed by atoms with Gasteiger partial charge in [0, 0.05) is 5.56 Å². The van der Waals surface area contributed by atoms with Crippen molar-refractivity contribution in [3.8, 4) is 0 Å². The molecule has 0 spiro atoms. The summed E-state index contributed by atoms with van der Waals surface area (Å²) < 4.78 is 89.7. The molecule has 0 aliphatic heterocycles. The van der Waals surface area contributed by atoms with Gasteiger partial charge in [-0.2, -0.15) is 26.3 Å². The van der Waals surface area contributed by atoms with E-state index in [0.29, 0.717) is 24.1 Å². The maximum atomic E-state index is 13.8. The van der Waals surface area contributed by atoms with Crippen LogP contribution < -0.4 is 0 Å². The lowest BCUT2D eigenvalue weighted by molar-refractivity contribution is -0.348. The summed E-state index contributed by atoms with van der Waals surface area (Å²) in [7, 11) is 0. The normalized spacial score (nSPS) is 13.2. The molecule has 0 aromatic heterocycles. The minimum atomic E-state index is -6.09. The fraction of sp³-hybridized carbons (Fsp3) is 0.250. The van der Waals surface area contributed by atoms with Crippen LogP contribution in [0.2, 0.25) is 0 Å². The van der Waals surface area contributed by atoms with E-state index in [4.69, 9.17) is 0 Å². The van der Waals surface area contributed by atoms with Gasteiger partial charge in [-0.05, 0) is 17.5 Å². The van der Waals surface area contributed by atoms with Crippen molar-refractivity contribution >= 4 is 0 Å². The minimum absolute atomic E-state index is 0.318. The van der Waals surface area contributed by atoms with E-state index < -0.39 is 23.6 Å². The third-order valence-corrected chi connectivity index (χ3v) is 3.38. The Morgan fingerprint density at radius 3 is 1.43 bits per heavy atom. The van der Waals surface area contributed by atoms with Gasteiger partial charge in [-0.3, -0.25) is 0 Å². The second kappa shape index (κ2) is 5.86. The maximum Gasteiger partial charge on any atom is 0.435 e. The summed E-state index contributed by atoms with van der Waals surface area (Å²) in [6.45, 7) is 0. The molecule has 0 atom stereocenters. The fourth-order valence-electron chi connectivity index (χ4n) is 2.17. The van der Waals surface area contributed by atoms with Crippen molar-refractivity contribution in [2.24, 2.45) is 0 Å². The Balaban J connectivity index is 2.34. The monoisotopic (exact) mass is 336 g/mol. The van der Waals surface area contributed by atoms with Crippen LogP contribution in [-0.4, -0.2) is 12.4 Å². The van der Waals surface area contributed by atoms with Gasteiger partial charge >= 0.3 is 18.0 Å². The van der Waals surface area contributed by atoms with Crippen molar-refractivity contribution in [3.05, 3.63) is 71.3 Å². The molecule has 0 amide bonds. The van der Waals surface area contributed by atoms with E-state index in [1.54, 1.807) is 30.3 Å². The quantitative estimate of drug-likeness (QED) is 0.643. The van der Waals surface area contributed by atoms with Crippen LogP contribution in [0.1, 0.15) is 16.7 Å². The van der Waals surface area contributed by atoms with E-state index >= 15 is 0 Å². The Morgan fingerprint density at radius 2 is 1.00 bits per heavy atom. The third-order valence-electron chi connectivity index (χ3n) is 3.38. The summed E-state index contributed by atoms with van der Waals surface area (Å²) in [4.78, 5) is 0. The summed E-state index contributed by atoms with van der Waals surface area (Å²) in [5.41, 5.74) is -5.55. The molecule has 0 radical (unpaired) electrons. The van der Waals surface area contributed by atoms with Gasteiger partial charge < -0.3 is 0 Å². The van der Waals surface area contributed by atoms with E-state index in [1.807, 2.05) is 0 Å². The number of hydrogen-bond acceptors (Lipinski definition) is 0. The average molecular weight is 336 g/mol. The van der Waals surface area contributed by atoms with Crippen molar-refractivity contribution < 1.29 is 30.7 Å². The highest BCUT2D eigenvalue weighted by Gasteiger charge is 2.73. The number of hydrogen-bond donors (Lipinski definition) is 0. The van der Waals surface area contributed by atoms with Gasteiger partial charge in [0.25, 0.3) is 0 Å². The molecule has 0 saturated heterocycles. The summed E-state index contributed by atoms with van der Waals surface area (Å²) in [5, 5.41) is 0. The van der Waals surface area contributed by atoms with Crippen LogP contribution in [-0.2, 0) is 12.1 Å². The lowest BCUT2D eigenvalue weighted by atomic mass is 9.92. The van der Waals surface area contributed by atoms with E-state index in [9.17, 15) is 30.7 Å². The summed E-state index contributed by atoms with van der Waals surface area (Å²) in [5.74, 6) is 0. The Bertz CT molecular complexity index is 625. The lowest BCUT2D eigenvalue weighted by Gasteiger charge is -2.30. The average Bonchev–Trinajstić information content (AvgIpc) is 2.46. The number of halogens is 7. The molecular formula is C16H11F7. The Morgan fingerprint density at radius 1 is 0.565 bits per heavy atom. The molecule has 0 fully saturated rings. The number of alkyl halides is 7. The first-order chi connectivity index (χ1) is 10.6. The first kappa shape index (κ1) is 17.3. The predicted octanol–water partition coefficient (Wildman–Crippen LogP) is 5.57. The lowest BCUT2D eigenvalue weighted by Crippen LogP contribution is -2.50. The molecule has 0 saturated carbocycles. The largest absolute Gasteiger partial charge is 0.435 e. The molecule has 124 valence electrons. The molecule has 0 bridgehead atoms. The van der Waals surface area contributed by atoms with Crippen molar-refractivity contribution in [3.63, 3.8) is 0 Å². The van der Waals surface area contributed by atoms with Crippen LogP contribution in [0.3, 0.4) is 0 Å². The summed E-state index contributed by atoms with van der Waals surface area (Å²) in [6, 6.07) is 12.0. The summed E-state index contributed by atoms with van der Waals surface area (Å²) in [6.07, 6.45) is -11.9. The molecule has 0 unspecified atom stereocenters. The van der Waals surface area contributed by atoms with E-state index in [-0.39, 0.29) is 0 Å². The number of rotatable bonds is 3. The Kier molecular flexibility index (Phi) is 4.41. The van der Waals surface area contributed by atoms with Crippen LogP contribution in [0.15, 0.2) is 54.6 Å². The van der Waals surface area contributed by atoms with Gasteiger partial charge in [-0.1, -0.05) is 54.6 Å². The van der Waals surface area contributed by atoms with E-state index in [1.165, 1.54) is 0 Å². The van der Waals surface area contributed by atoms with Gasteiger partial charge in [0.2, 0.25) is 0 Å². The third kappa shape index (κ3) is 3.33. The molecule has 0 heterocycles. The van der Waals surface area contributed by atoms with Gasteiger partial charge in [-0.15, -0.1) is 0 Å². The van der Waals surface area contributed by atoms with Gasteiger partial charge in [0.1, 0.15) is 0 Å². The van der Waals surface area contributed by atoms with Crippen LogP contribution in [0, 0.1) is 0 Å². The van der Waals surface area contributed by atoms with Gasteiger partial charge in [0.05, 0.1) is 0 Å². The predicted molar refractivity (Wildman–Crippen MR) is 70.6 cm³/mol. The van der Waals surface area contributed by atoms with Gasteiger partial charge in [-0.25, -0.2) is 4.39 Å². The first-order valence-corrected chi connectivity index (χ1v) is 6.51. The molecule has 2 aromatic rings. The highest BCUT2D eigenvalue weighted by atomic mass is 19.4. The zero-order valence-electron chi connectivity index (χ0n) is 11.5. The highest BCUT2D eigenvalue weighted by molar-refractivity contribution is 5.33. The second-order valence-corrected chi connectivity index (χ2v) is 5.01. The highest BCUT2D eigenvalue weighted by Crippen LogP contribution is 2.53. The Hall–Kier alpha value is -2.05. The molecule has 0 aliphatic carbocycles. The molecule has 7 heteroatoms. The van der Waals surface area contributed by atoms with Crippen molar-refractivity contribution in [1.29, 1.82) is 0 Å². The summed E-state index contributed by atoms with van der Waals surface area (Å²) >= 11 is 0. The Labute approximate surface area is 127 Å². The van der Waals surface area contributed by atoms with E-state index in [0.717, 1.165) is 17.7 Å². The zero-order chi connectivity index (χ0) is 17.3. The van der Waals surface area contributed by atoms with Crippen LogP contribution in [0.4, 0.5) is 30.7 Å². The standard InChI is InChI=1S/C16H11F7/c17-14(15(18,19)20,16(21,22)23)13-8-6-12(7-9-13)10-11-4-2-1-3-5-11/h1-9H,10H2. The molecule has 0 nitrogen and oxygen atoms in total. The second-order valence-electron chi connectivity index (χ2n) is 5.01. The number of benzene rings is 2. The molecule has 2 rings (SSSR count). The molecule has 0 N–H and O–H groups in total. The maximum absolute atomic E-state index is 13.8. The first-order valence-electron chi connectivity index (χ1n) is 6.51. The SMILES string of the molecule is FC(F)(F)C(F)(c1ccc(Cc2ccccc2)cc1)C(F)(F)F. The van der Waals surface area contributed by atoms with E-state index in [2.05, 4.69) is 0 Å². The molecule has 2 aromatic carbocycles. The topological polar surface area (TPSA) is 0 Å². The molecule has 23 heavy (non-hydrogen) atoms. The fourth-order valence-corrected chi connectivity index (χ4v) is 2.17. The smallest absolute Gasteiger partial charge is 0.218 e.